The van der Waals surface area contributed by atoms with Crippen LogP contribution in [0.25, 0.3) is 10.9 Å². The number of aryl methyl sites for hydroxylation is 1. The summed E-state index contributed by atoms with van der Waals surface area (Å²) < 4.78 is 2.55. The smallest absolute Gasteiger partial charge is 0.235 e. The second kappa shape index (κ2) is 9.18. The van der Waals surface area contributed by atoms with E-state index in [9.17, 15) is 4.79 Å². The van der Waals surface area contributed by atoms with Crippen molar-refractivity contribution in [1.82, 2.24) is 9.47 Å². The van der Waals surface area contributed by atoms with Crippen molar-refractivity contribution in [2.45, 2.75) is 63.5 Å². The Labute approximate surface area is 219 Å². The third kappa shape index (κ3) is 3.81. The highest BCUT2D eigenvalue weighted by molar-refractivity contribution is 6.07. The van der Waals surface area contributed by atoms with Gasteiger partial charge in [0.15, 0.2) is 0 Å². The molecule has 0 bridgehead atoms. The number of benzene rings is 3. The van der Waals surface area contributed by atoms with Crippen LogP contribution in [-0.2, 0) is 36.1 Å². The number of amides is 1. The minimum atomic E-state index is -0.290. The zero-order valence-electron chi connectivity index (χ0n) is 21.5. The number of nitrogens with one attached hydrogen (secondary N) is 1. The summed E-state index contributed by atoms with van der Waals surface area (Å²) in [7, 11) is 0. The highest BCUT2D eigenvalue weighted by atomic mass is 16.2. The van der Waals surface area contributed by atoms with Gasteiger partial charge in [-0.1, -0.05) is 67.1 Å². The summed E-state index contributed by atoms with van der Waals surface area (Å²) in [6.45, 7) is 4.14. The number of aromatic nitrogens is 1. The van der Waals surface area contributed by atoms with E-state index in [2.05, 4.69) is 87.6 Å². The second-order valence-corrected chi connectivity index (χ2v) is 11.2. The maximum Gasteiger partial charge on any atom is 0.235 e. The number of rotatable bonds is 7. The number of fused-ring (bicyclic) bond motifs is 3. The molecule has 1 atom stereocenters. The van der Waals surface area contributed by atoms with Crippen LogP contribution in [0.5, 0.6) is 0 Å². The molecule has 2 aliphatic heterocycles. The molecule has 0 saturated heterocycles. The fourth-order valence-corrected chi connectivity index (χ4v) is 7.36. The highest BCUT2D eigenvalue weighted by Crippen LogP contribution is 2.49. The third-order valence-electron chi connectivity index (χ3n) is 9.12. The first-order valence-corrected chi connectivity index (χ1v) is 14.0. The molecule has 1 unspecified atom stereocenters. The van der Waals surface area contributed by atoms with Gasteiger partial charge < -0.3 is 9.88 Å². The van der Waals surface area contributed by atoms with E-state index in [1.54, 1.807) is 0 Å². The van der Waals surface area contributed by atoms with Crippen LogP contribution in [0.2, 0.25) is 0 Å². The van der Waals surface area contributed by atoms with E-state index in [0.717, 1.165) is 76.8 Å². The molecular weight excluding hydrogens is 454 g/mol. The molecule has 0 radical (unpaired) electrons. The van der Waals surface area contributed by atoms with Crippen LogP contribution in [0, 0.1) is 0 Å². The van der Waals surface area contributed by atoms with Crippen LogP contribution in [0.4, 0.5) is 5.69 Å². The Balaban J connectivity index is 1.06. The van der Waals surface area contributed by atoms with Gasteiger partial charge >= 0.3 is 0 Å². The summed E-state index contributed by atoms with van der Waals surface area (Å²) in [5, 5.41) is 4.63. The van der Waals surface area contributed by atoms with Crippen LogP contribution >= 0.6 is 0 Å². The van der Waals surface area contributed by atoms with Gasteiger partial charge in [-0.05, 0) is 79.5 Å². The van der Waals surface area contributed by atoms with Gasteiger partial charge in [0, 0.05) is 41.9 Å². The van der Waals surface area contributed by atoms with Crippen LogP contribution in [0.1, 0.15) is 60.1 Å². The first kappa shape index (κ1) is 22.8. The Bertz CT molecular complexity index is 1470. The standard InChI is InChI=1S/C33H35N3O/c37-32-33(19-9-13-25-12-8-15-28(34-32)31(25)33)18-6-7-20-35-21-17-27-26-14-4-5-16-29(26)36(30(27)23-35)22-24-10-2-1-3-11-24/h1-5,8,10-12,14-16H,6-7,9,13,17-23H2,(H,34,37). The molecule has 4 aromatic rings. The van der Waals surface area contributed by atoms with E-state index in [4.69, 9.17) is 0 Å². The number of unbranched alkanes of at least 4 members (excludes halogenated alkanes) is 1. The first-order valence-electron chi connectivity index (χ1n) is 14.0. The largest absolute Gasteiger partial charge is 0.339 e. The fourth-order valence-electron chi connectivity index (χ4n) is 7.36. The maximum atomic E-state index is 13.2. The lowest BCUT2D eigenvalue weighted by Gasteiger charge is -2.33. The predicted molar refractivity (Wildman–Crippen MR) is 150 cm³/mol. The van der Waals surface area contributed by atoms with Crippen LogP contribution in [0.3, 0.4) is 0 Å². The molecule has 3 aliphatic rings. The van der Waals surface area contributed by atoms with E-state index < -0.39 is 0 Å². The number of carbonyl (C=O) groups excluding carboxylic acids is 1. The molecule has 0 saturated carbocycles. The van der Waals surface area contributed by atoms with Crippen LogP contribution < -0.4 is 5.32 Å². The minimum Gasteiger partial charge on any atom is -0.339 e. The average molecular weight is 490 g/mol. The number of hydrogen-bond donors (Lipinski definition) is 1. The quantitative estimate of drug-likeness (QED) is 0.303. The fraction of sp³-hybridized carbons (Fsp3) is 0.364. The van der Waals surface area contributed by atoms with Gasteiger partial charge in [-0.2, -0.15) is 0 Å². The summed E-state index contributed by atoms with van der Waals surface area (Å²) in [6.07, 6.45) is 7.53. The van der Waals surface area contributed by atoms with E-state index in [1.165, 1.54) is 38.9 Å². The lowest BCUT2D eigenvalue weighted by molar-refractivity contribution is -0.121. The molecule has 1 aliphatic carbocycles. The second-order valence-electron chi connectivity index (χ2n) is 11.2. The van der Waals surface area contributed by atoms with Gasteiger partial charge in [-0.25, -0.2) is 0 Å². The highest BCUT2D eigenvalue weighted by Gasteiger charge is 2.48. The van der Waals surface area contributed by atoms with Crippen molar-refractivity contribution in [2.75, 3.05) is 18.4 Å². The van der Waals surface area contributed by atoms with Crippen molar-refractivity contribution in [3.8, 4) is 0 Å². The van der Waals surface area contributed by atoms with Crippen LogP contribution in [0.15, 0.2) is 72.8 Å². The van der Waals surface area contributed by atoms with Gasteiger partial charge in [0.25, 0.3) is 0 Å². The molecule has 37 heavy (non-hydrogen) atoms. The summed E-state index contributed by atoms with van der Waals surface area (Å²) in [6, 6.07) is 26.2. The molecule has 0 fully saturated rings. The molecule has 1 amide bonds. The summed E-state index contributed by atoms with van der Waals surface area (Å²) in [5.41, 5.74) is 9.21. The Kier molecular flexibility index (Phi) is 5.66. The Morgan fingerprint density at radius 3 is 2.68 bits per heavy atom. The normalized spacial score (nSPS) is 20.6. The average Bonchev–Trinajstić information content (AvgIpc) is 3.40. The molecule has 4 heteroatoms. The van der Waals surface area contributed by atoms with Gasteiger partial charge in [0.1, 0.15) is 0 Å². The van der Waals surface area contributed by atoms with E-state index in [0.29, 0.717) is 0 Å². The lowest BCUT2D eigenvalue weighted by atomic mass is 9.68. The van der Waals surface area contributed by atoms with Crippen molar-refractivity contribution in [3.63, 3.8) is 0 Å². The Hall–Kier alpha value is -3.37. The maximum absolute atomic E-state index is 13.2. The van der Waals surface area contributed by atoms with Gasteiger partial charge in [-0.15, -0.1) is 0 Å². The Morgan fingerprint density at radius 2 is 1.76 bits per heavy atom. The monoisotopic (exact) mass is 489 g/mol. The number of hydrogen-bond acceptors (Lipinski definition) is 2. The molecule has 1 aromatic heterocycles. The predicted octanol–water partition coefficient (Wildman–Crippen LogP) is 6.44. The van der Waals surface area contributed by atoms with Crippen molar-refractivity contribution in [1.29, 1.82) is 0 Å². The van der Waals surface area contributed by atoms with E-state index in [-0.39, 0.29) is 11.3 Å². The molecule has 0 spiro atoms. The molecule has 3 aromatic carbocycles. The van der Waals surface area contributed by atoms with Crippen molar-refractivity contribution < 1.29 is 4.79 Å². The number of carbonyl (C=O) groups is 1. The molecule has 3 heterocycles. The van der Waals surface area contributed by atoms with Crippen molar-refractivity contribution >= 4 is 22.5 Å². The molecule has 188 valence electrons. The lowest BCUT2D eigenvalue weighted by Crippen LogP contribution is -2.37. The first-order chi connectivity index (χ1) is 18.2. The van der Waals surface area contributed by atoms with Gasteiger partial charge in [0.2, 0.25) is 5.91 Å². The zero-order chi connectivity index (χ0) is 24.8. The van der Waals surface area contributed by atoms with E-state index >= 15 is 0 Å². The Morgan fingerprint density at radius 1 is 0.892 bits per heavy atom. The third-order valence-corrected chi connectivity index (χ3v) is 9.12. The molecule has 4 nitrogen and oxygen atoms in total. The van der Waals surface area contributed by atoms with Crippen LogP contribution in [-0.4, -0.2) is 28.5 Å². The minimum absolute atomic E-state index is 0.239. The summed E-state index contributed by atoms with van der Waals surface area (Å²) >= 11 is 0. The van der Waals surface area contributed by atoms with Crippen molar-refractivity contribution in [3.05, 3.63) is 101 Å². The molecular formula is C33H35N3O. The van der Waals surface area contributed by atoms with Gasteiger partial charge in [0.05, 0.1) is 5.41 Å². The molecule has 1 N–H and O–H groups in total. The summed E-state index contributed by atoms with van der Waals surface area (Å²) in [4.78, 5) is 15.8. The van der Waals surface area contributed by atoms with E-state index in [1.807, 2.05) is 0 Å². The van der Waals surface area contributed by atoms with Crippen molar-refractivity contribution in [2.24, 2.45) is 0 Å². The zero-order valence-corrected chi connectivity index (χ0v) is 21.5. The number of anilines is 1. The molecule has 7 rings (SSSR count). The topological polar surface area (TPSA) is 37.3 Å². The number of para-hydroxylation sites is 1. The summed E-state index contributed by atoms with van der Waals surface area (Å²) in [5.74, 6) is 0.239. The SMILES string of the molecule is O=C1Nc2cccc3c2C1(CCCCN1CCc2c(n(Cc4ccccc4)c4ccccc24)C1)CCC3. The van der Waals surface area contributed by atoms with Gasteiger partial charge in [-0.3, -0.25) is 9.69 Å². The number of nitrogens with zero attached hydrogens (tertiary/aromatic N) is 2.